The smallest absolute Gasteiger partial charge is 0.0863 e. The maximum atomic E-state index is 5.22. The maximum Gasteiger partial charge on any atom is 0.0863 e. The van der Waals surface area contributed by atoms with Crippen molar-refractivity contribution in [2.75, 3.05) is 33.8 Å². The zero-order valence-corrected chi connectivity index (χ0v) is 10.5. The molecule has 0 amide bonds. The number of quaternary nitrogens is 1. The fraction of sp³-hybridized carbons (Fsp3) is 1.00. The van der Waals surface area contributed by atoms with Crippen LogP contribution in [0.2, 0.25) is 0 Å². The van der Waals surface area contributed by atoms with Gasteiger partial charge in [0, 0.05) is 6.42 Å². The summed E-state index contributed by atoms with van der Waals surface area (Å²) in [4.78, 5) is 0. The molecule has 0 N–H and O–H groups in total. The molecule has 0 bridgehead atoms. The van der Waals surface area contributed by atoms with Gasteiger partial charge in [-0.25, -0.2) is 0 Å². The molecule has 3 heteroatoms. The van der Waals surface area contributed by atoms with Gasteiger partial charge in [-0.3, -0.25) is 0 Å². The first kappa shape index (κ1) is 14.2. The number of halogens is 1. The maximum absolute atomic E-state index is 5.22. The van der Waals surface area contributed by atoms with Gasteiger partial charge in [0.1, 0.15) is 0 Å². The molecule has 1 aliphatic rings. The third kappa shape index (κ3) is 6.63. The zero-order valence-electron chi connectivity index (χ0n) is 9.76. The van der Waals surface area contributed by atoms with Crippen LogP contribution in [0.1, 0.15) is 32.6 Å². The summed E-state index contributed by atoms with van der Waals surface area (Å²) in [5.41, 5.74) is 0. The molecule has 1 rings (SSSR count). The minimum atomic E-state index is 0. The highest BCUT2D eigenvalue weighted by Gasteiger charge is 2.26. The Morgan fingerprint density at radius 3 is 2.36 bits per heavy atom. The Kier molecular flexibility index (Phi) is 6.75. The molecule has 0 aromatic rings. The summed E-state index contributed by atoms with van der Waals surface area (Å²) < 4.78 is 6.39. The Bertz CT molecular complexity index is 146. The first-order valence-electron chi connectivity index (χ1n) is 5.57. The van der Waals surface area contributed by atoms with Crippen molar-refractivity contribution in [3.05, 3.63) is 0 Å². The second kappa shape index (κ2) is 6.65. The lowest BCUT2D eigenvalue weighted by Crippen LogP contribution is -3.00. The molecule has 1 unspecified atom stereocenters. The van der Waals surface area contributed by atoms with Gasteiger partial charge in [-0.05, 0) is 12.8 Å². The van der Waals surface area contributed by atoms with Crippen molar-refractivity contribution in [1.29, 1.82) is 0 Å². The van der Waals surface area contributed by atoms with E-state index in [-0.39, 0.29) is 12.4 Å². The van der Waals surface area contributed by atoms with Gasteiger partial charge in [-0.2, -0.15) is 0 Å². The van der Waals surface area contributed by atoms with E-state index >= 15 is 0 Å². The monoisotopic (exact) mass is 221 g/mol. The predicted molar refractivity (Wildman–Crippen MR) is 55.7 cm³/mol. The second-order valence-electron chi connectivity index (χ2n) is 4.83. The van der Waals surface area contributed by atoms with Crippen LogP contribution in [0, 0.1) is 0 Å². The average Bonchev–Trinajstić information content (AvgIpc) is 2.84. The van der Waals surface area contributed by atoms with Gasteiger partial charge in [-0.15, -0.1) is 0 Å². The fourth-order valence-electron chi connectivity index (χ4n) is 1.63. The van der Waals surface area contributed by atoms with E-state index in [0.29, 0.717) is 6.10 Å². The molecule has 86 valence electrons. The molecule has 1 aliphatic heterocycles. The lowest BCUT2D eigenvalue weighted by Gasteiger charge is -2.29. The molecule has 0 spiro atoms. The second-order valence-corrected chi connectivity index (χ2v) is 4.83. The number of nitrogens with zero attached hydrogens (tertiary/aromatic N) is 1. The van der Waals surface area contributed by atoms with Crippen molar-refractivity contribution in [2.45, 2.75) is 38.7 Å². The first-order chi connectivity index (χ1) is 6.14. The van der Waals surface area contributed by atoms with Crippen LogP contribution in [0.5, 0.6) is 0 Å². The third-order valence-corrected chi connectivity index (χ3v) is 2.83. The summed E-state index contributed by atoms with van der Waals surface area (Å²) in [5, 5.41) is 0. The van der Waals surface area contributed by atoms with Gasteiger partial charge in [-0.1, -0.05) is 13.3 Å². The van der Waals surface area contributed by atoms with Gasteiger partial charge >= 0.3 is 0 Å². The molecule has 1 fully saturated rings. The van der Waals surface area contributed by atoms with Crippen molar-refractivity contribution >= 4 is 0 Å². The average molecular weight is 222 g/mol. The molecular formula is C11H24ClNO. The van der Waals surface area contributed by atoms with Crippen LogP contribution in [0.25, 0.3) is 0 Å². The van der Waals surface area contributed by atoms with Crippen molar-refractivity contribution in [1.82, 2.24) is 0 Å². The molecule has 14 heavy (non-hydrogen) atoms. The van der Waals surface area contributed by atoms with Gasteiger partial charge in [0.15, 0.2) is 0 Å². The largest absolute Gasteiger partial charge is 1.00 e. The molecule has 0 aliphatic carbocycles. The van der Waals surface area contributed by atoms with Crippen molar-refractivity contribution < 1.29 is 21.6 Å². The van der Waals surface area contributed by atoms with E-state index in [1.807, 2.05) is 0 Å². The van der Waals surface area contributed by atoms with E-state index in [1.165, 1.54) is 43.3 Å². The quantitative estimate of drug-likeness (QED) is 0.307. The summed E-state index contributed by atoms with van der Waals surface area (Å²) >= 11 is 0. The lowest BCUT2D eigenvalue weighted by molar-refractivity contribution is -0.890. The Morgan fingerprint density at radius 2 is 1.86 bits per heavy atom. The number of ether oxygens (including phenoxy) is 1. The molecule has 0 saturated carbocycles. The van der Waals surface area contributed by atoms with Gasteiger partial charge in [0.2, 0.25) is 0 Å². The van der Waals surface area contributed by atoms with Crippen LogP contribution < -0.4 is 12.4 Å². The molecule has 2 nitrogen and oxygen atoms in total. The van der Waals surface area contributed by atoms with Gasteiger partial charge in [0.05, 0.1) is 39.9 Å². The van der Waals surface area contributed by atoms with E-state index in [4.69, 9.17) is 4.74 Å². The molecule has 1 atom stereocenters. The highest BCUT2D eigenvalue weighted by molar-refractivity contribution is 4.67. The predicted octanol–water partition coefficient (Wildman–Crippen LogP) is -0.954. The Morgan fingerprint density at radius 1 is 1.21 bits per heavy atom. The first-order valence-corrected chi connectivity index (χ1v) is 5.57. The summed E-state index contributed by atoms with van der Waals surface area (Å²) in [6.45, 7) is 5.86. The molecule has 0 radical (unpaired) electrons. The van der Waals surface area contributed by atoms with E-state index in [2.05, 4.69) is 21.0 Å². The third-order valence-electron chi connectivity index (χ3n) is 2.83. The molecule has 0 aromatic carbocycles. The summed E-state index contributed by atoms with van der Waals surface area (Å²) in [7, 11) is 4.66. The molecule has 0 aromatic heterocycles. The normalized spacial score (nSPS) is 20.4. The van der Waals surface area contributed by atoms with Gasteiger partial charge < -0.3 is 21.6 Å². The number of unbranched alkanes of at least 4 members (excludes halogenated alkanes) is 2. The van der Waals surface area contributed by atoms with Crippen LogP contribution in [-0.4, -0.2) is 44.4 Å². The zero-order chi connectivity index (χ0) is 9.73. The van der Waals surface area contributed by atoms with Crippen LogP contribution in [-0.2, 0) is 4.74 Å². The minimum Gasteiger partial charge on any atom is -1.00 e. The lowest BCUT2D eigenvalue weighted by atomic mass is 10.2. The highest BCUT2D eigenvalue weighted by Crippen LogP contribution is 2.15. The van der Waals surface area contributed by atoms with E-state index < -0.39 is 0 Å². The Hall–Kier alpha value is 0.210. The molecular weight excluding hydrogens is 198 g/mol. The Labute approximate surface area is 94.6 Å². The van der Waals surface area contributed by atoms with Gasteiger partial charge in [0.25, 0.3) is 0 Å². The number of hydrogen-bond acceptors (Lipinski definition) is 1. The van der Waals surface area contributed by atoms with Crippen LogP contribution in [0.3, 0.4) is 0 Å². The van der Waals surface area contributed by atoms with Crippen molar-refractivity contribution in [3.8, 4) is 0 Å². The number of epoxide rings is 1. The summed E-state index contributed by atoms with van der Waals surface area (Å²) in [6, 6.07) is 0. The van der Waals surface area contributed by atoms with E-state index in [9.17, 15) is 0 Å². The van der Waals surface area contributed by atoms with Crippen LogP contribution in [0.4, 0.5) is 0 Å². The van der Waals surface area contributed by atoms with E-state index in [0.717, 1.165) is 6.61 Å². The summed E-state index contributed by atoms with van der Waals surface area (Å²) in [6.07, 6.45) is 5.92. The van der Waals surface area contributed by atoms with Crippen molar-refractivity contribution in [3.63, 3.8) is 0 Å². The van der Waals surface area contributed by atoms with Crippen LogP contribution >= 0.6 is 0 Å². The number of hydrogen-bond donors (Lipinski definition) is 0. The minimum absolute atomic E-state index is 0. The van der Waals surface area contributed by atoms with Crippen molar-refractivity contribution in [2.24, 2.45) is 0 Å². The molecule has 1 heterocycles. The topological polar surface area (TPSA) is 12.5 Å². The van der Waals surface area contributed by atoms with E-state index in [1.54, 1.807) is 0 Å². The Balaban J connectivity index is 0.00000169. The molecule has 1 saturated heterocycles. The standard InChI is InChI=1S/C11H24NO.ClH/c1-4-5-6-8-12(2,3)9-7-11-10-13-11;/h11H,4-10H2,1-3H3;1H/q+1;/p-1. The highest BCUT2D eigenvalue weighted by atomic mass is 35.5. The summed E-state index contributed by atoms with van der Waals surface area (Å²) in [5.74, 6) is 0. The number of rotatable bonds is 7. The fourth-order valence-corrected chi connectivity index (χ4v) is 1.63. The SMILES string of the molecule is CCCCC[N+](C)(C)CCC1CO1.[Cl-]. The van der Waals surface area contributed by atoms with Crippen LogP contribution in [0.15, 0.2) is 0 Å².